The summed E-state index contributed by atoms with van der Waals surface area (Å²) in [7, 11) is 0. The van der Waals surface area contributed by atoms with Crippen molar-refractivity contribution in [3.8, 4) is 0 Å². The lowest BCUT2D eigenvalue weighted by molar-refractivity contribution is -0.143. The maximum atomic E-state index is 12.4. The smallest absolute Gasteiger partial charge is 0.401 e. The predicted octanol–water partition coefficient (Wildman–Crippen LogP) is 2.11. The highest BCUT2D eigenvalue weighted by molar-refractivity contribution is 5.93. The van der Waals surface area contributed by atoms with Crippen molar-refractivity contribution in [3.05, 3.63) is 24.2 Å². The van der Waals surface area contributed by atoms with E-state index in [0.717, 1.165) is 19.3 Å². The number of nitrogens with zero attached hydrogens (tertiary/aromatic N) is 2. The number of nitrogens with one attached hydrogen (secondary N) is 1. The zero-order chi connectivity index (χ0) is 17.2. The Morgan fingerprint density at radius 3 is 2.54 bits per heavy atom. The van der Waals surface area contributed by atoms with Crippen LogP contribution in [-0.4, -0.2) is 66.7 Å². The van der Waals surface area contributed by atoms with Gasteiger partial charge in [-0.25, -0.2) is 0 Å². The van der Waals surface area contributed by atoms with Gasteiger partial charge in [-0.1, -0.05) is 0 Å². The van der Waals surface area contributed by atoms with Gasteiger partial charge in [-0.3, -0.25) is 9.69 Å². The van der Waals surface area contributed by atoms with E-state index in [1.54, 1.807) is 11.0 Å². The first-order valence-corrected chi connectivity index (χ1v) is 8.27. The van der Waals surface area contributed by atoms with E-state index < -0.39 is 12.7 Å². The van der Waals surface area contributed by atoms with E-state index in [-0.39, 0.29) is 18.0 Å². The highest BCUT2D eigenvalue weighted by atomic mass is 19.4. The zero-order valence-electron chi connectivity index (χ0n) is 13.4. The first kappa shape index (κ1) is 17.3. The van der Waals surface area contributed by atoms with E-state index in [9.17, 15) is 18.0 Å². The van der Waals surface area contributed by atoms with Crippen molar-refractivity contribution < 1.29 is 22.4 Å². The van der Waals surface area contributed by atoms with Crippen LogP contribution in [0.2, 0.25) is 0 Å². The van der Waals surface area contributed by atoms with E-state index in [1.165, 1.54) is 17.4 Å². The second-order valence-corrected chi connectivity index (χ2v) is 6.58. The van der Waals surface area contributed by atoms with Crippen LogP contribution in [0.15, 0.2) is 23.0 Å². The van der Waals surface area contributed by atoms with Crippen molar-refractivity contribution in [2.75, 3.05) is 32.7 Å². The number of hydrogen-bond donors (Lipinski definition) is 1. The quantitative estimate of drug-likeness (QED) is 0.908. The summed E-state index contributed by atoms with van der Waals surface area (Å²) in [6.45, 7) is 1.40. The average molecular weight is 345 g/mol. The summed E-state index contributed by atoms with van der Waals surface area (Å²) in [5.41, 5.74) is 0.556. The highest BCUT2D eigenvalue weighted by Gasteiger charge is 2.35. The van der Waals surface area contributed by atoms with Gasteiger partial charge in [0.15, 0.2) is 0 Å². The Bertz CT molecular complexity index is 539. The van der Waals surface area contributed by atoms with Gasteiger partial charge in [0.1, 0.15) is 6.26 Å². The fraction of sp³-hybridized carbons (Fsp3) is 0.688. The van der Waals surface area contributed by atoms with Crippen LogP contribution in [0.25, 0.3) is 0 Å². The molecule has 1 N–H and O–H groups in total. The molecule has 2 aliphatic rings. The number of hydrogen-bond acceptors (Lipinski definition) is 4. The van der Waals surface area contributed by atoms with Gasteiger partial charge < -0.3 is 14.6 Å². The van der Waals surface area contributed by atoms with E-state index in [1.807, 2.05) is 0 Å². The van der Waals surface area contributed by atoms with Crippen LogP contribution in [0.4, 0.5) is 13.2 Å². The van der Waals surface area contributed by atoms with Crippen molar-refractivity contribution >= 4 is 5.91 Å². The van der Waals surface area contributed by atoms with Crippen LogP contribution in [0.5, 0.6) is 0 Å². The number of carbonyl (C=O) groups excluding carboxylic acids is 1. The lowest BCUT2D eigenvalue weighted by Crippen LogP contribution is -2.48. The van der Waals surface area contributed by atoms with E-state index >= 15 is 0 Å². The second-order valence-electron chi connectivity index (χ2n) is 6.58. The Morgan fingerprint density at radius 2 is 1.92 bits per heavy atom. The largest absolute Gasteiger partial charge is 0.472 e. The molecule has 1 atom stereocenters. The number of alkyl halides is 3. The van der Waals surface area contributed by atoms with Gasteiger partial charge in [0.25, 0.3) is 5.91 Å². The van der Waals surface area contributed by atoms with Crippen LogP contribution in [0, 0.1) is 0 Å². The molecule has 1 amide bonds. The molecule has 0 aromatic carbocycles. The summed E-state index contributed by atoms with van der Waals surface area (Å²) in [5, 5.41) is 3.46. The summed E-state index contributed by atoms with van der Waals surface area (Å²) < 4.78 is 42.2. The van der Waals surface area contributed by atoms with Crippen LogP contribution >= 0.6 is 0 Å². The molecule has 8 heteroatoms. The minimum Gasteiger partial charge on any atom is -0.472 e. The molecule has 0 spiro atoms. The van der Waals surface area contributed by atoms with Gasteiger partial charge in [-0.2, -0.15) is 13.2 Å². The van der Waals surface area contributed by atoms with E-state index in [2.05, 4.69) is 5.32 Å². The second kappa shape index (κ2) is 7.14. The summed E-state index contributed by atoms with van der Waals surface area (Å²) in [6, 6.07) is 2.02. The molecule has 24 heavy (non-hydrogen) atoms. The number of furan rings is 1. The molecule has 3 heterocycles. The standard InChI is InChI=1S/C16H22F3N3O2/c17-16(18,19)11-21-5-1-14(9-21)20-13-2-6-22(7-3-13)15(23)12-4-8-24-10-12/h4,8,10,13-14,20H,1-3,5-7,9,11H2. The Balaban J connectivity index is 1.41. The topological polar surface area (TPSA) is 48.7 Å². The van der Waals surface area contributed by atoms with Crippen molar-refractivity contribution in [3.63, 3.8) is 0 Å². The molecule has 5 nitrogen and oxygen atoms in total. The summed E-state index contributed by atoms with van der Waals surface area (Å²) >= 11 is 0. The van der Waals surface area contributed by atoms with Gasteiger partial charge in [0.05, 0.1) is 18.4 Å². The average Bonchev–Trinajstić information content (AvgIpc) is 3.18. The van der Waals surface area contributed by atoms with Gasteiger partial charge in [0.2, 0.25) is 0 Å². The van der Waals surface area contributed by atoms with Crippen molar-refractivity contribution in [2.24, 2.45) is 0 Å². The monoisotopic (exact) mass is 345 g/mol. The third-order valence-corrected chi connectivity index (χ3v) is 4.70. The SMILES string of the molecule is O=C(c1ccoc1)N1CCC(NC2CCN(CC(F)(F)F)C2)CC1. The number of carbonyl (C=O) groups is 1. The Kier molecular flexibility index (Phi) is 5.15. The van der Waals surface area contributed by atoms with Crippen molar-refractivity contribution in [2.45, 2.75) is 37.5 Å². The maximum Gasteiger partial charge on any atom is 0.401 e. The van der Waals surface area contributed by atoms with Gasteiger partial charge in [-0.05, 0) is 25.3 Å². The molecule has 134 valence electrons. The van der Waals surface area contributed by atoms with Crippen LogP contribution in [0.3, 0.4) is 0 Å². The van der Waals surface area contributed by atoms with Crippen molar-refractivity contribution in [1.82, 2.24) is 15.1 Å². The Morgan fingerprint density at radius 1 is 1.21 bits per heavy atom. The first-order chi connectivity index (χ1) is 11.4. The maximum absolute atomic E-state index is 12.4. The molecule has 0 radical (unpaired) electrons. The fourth-order valence-corrected chi connectivity index (χ4v) is 3.52. The molecule has 1 aromatic heterocycles. The number of piperidine rings is 1. The van der Waals surface area contributed by atoms with E-state index in [0.29, 0.717) is 31.7 Å². The molecule has 0 saturated carbocycles. The Labute approximate surface area is 138 Å². The fourth-order valence-electron chi connectivity index (χ4n) is 3.52. The first-order valence-electron chi connectivity index (χ1n) is 8.27. The molecule has 0 bridgehead atoms. The third-order valence-electron chi connectivity index (χ3n) is 4.70. The zero-order valence-corrected chi connectivity index (χ0v) is 13.4. The highest BCUT2D eigenvalue weighted by Crippen LogP contribution is 2.21. The normalized spacial score (nSPS) is 23.8. The minimum absolute atomic E-state index is 0.0283. The molecule has 0 aliphatic carbocycles. The lowest BCUT2D eigenvalue weighted by Gasteiger charge is -2.33. The molecule has 1 unspecified atom stereocenters. The number of rotatable bonds is 4. The predicted molar refractivity (Wildman–Crippen MR) is 81.7 cm³/mol. The number of halogens is 3. The molecular formula is C16H22F3N3O2. The third kappa shape index (κ3) is 4.51. The van der Waals surface area contributed by atoms with Crippen molar-refractivity contribution in [1.29, 1.82) is 0 Å². The minimum atomic E-state index is -4.13. The molecule has 2 saturated heterocycles. The van der Waals surface area contributed by atoms with Gasteiger partial charge >= 0.3 is 6.18 Å². The van der Waals surface area contributed by atoms with Crippen LogP contribution in [-0.2, 0) is 0 Å². The van der Waals surface area contributed by atoms with Crippen LogP contribution < -0.4 is 5.32 Å². The molecule has 2 aliphatic heterocycles. The van der Waals surface area contributed by atoms with Gasteiger partial charge in [-0.15, -0.1) is 0 Å². The Hall–Kier alpha value is -1.54. The summed E-state index contributed by atoms with van der Waals surface area (Å²) in [6.07, 6.45) is 1.17. The summed E-state index contributed by atoms with van der Waals surface area (Å²) in [4.78, 5) is 15.5. The summed E-state index contributed by atoms with van der Waals surface area (Å²) in [5.74, 6) is -0.0283. The number of likely N-dealkylation sites (tertiary alicyclic amines) is 2. The van der Waals surface area contributed by atoms with Gasteiger partial charge in [0, 0.05) is 38.3 Å². The lowest BCUT2D eigenvalue weighted by atomic mass is 10.0. The molecule has 1 aromatic rings. The molecular weight excluding hydrogens is 323 g/mol. The van der Waals surface area contributed by atoms with E-state index in [4.69, 9.17) is 4.42 Å². The molecule has 2 fully saturated rings. The molecule has 3 rings (SSSR count). The number of amides is 1. The van der Waals surface area contributed by atoms with Crippen LogP contribution in [0.1, 0.15) is 29.6 Å².